The van der Waals surface area contributed by atoms with Crippen molar-refractivity contribution in [2.45, 2.75) is 76.5 Å². The fourth-order valence-corrected chi connectivity index (χ4v) is 7.50. The molecule has 19 nitrogen and oxygen atoms in total. The number of carbonyl (C=O) groups excluding carboxylic acids is 1. The quantitative estimate of drug-likeness (QED) is 0.0810. The van der Waals surface area contributed by atoms with Crippen LogP contribution in [0, 0.1) is 13.8 Å². The molecule has 2 fully saturated rings. The summed E-state index contributed by atoms with van der Waals surface area (Å²) in [6, 6.07) is -2.10. The average Bonchev–Trinajstić information content (AvgIpc) is 3.55. The Morgan fingerprint density at radius 3 is 2.18 bits per heavy atom. The number of aryl methyl sites for hydroxylation is 2. The maximum atomic E-state index is 14.5. The van der Waals surface area contributed by atoms with Crippen molar-refractivity contribution in [1.29, 1.82) is 0 Å². The van der Waals surface area contributed by atoms with Crippen LogP contribution in [0.5, 0.6) is 0 Å². The third kappa shape index (κ3) is 7.10. The first kappa shape index (κ1) is 33.1. The van der Waals surface area contributed by atoms with E-state index < -0.39 is 91.6 Å². The Hall–Kier alpha value is -3.83. The lowest BCUT2D eigenvalue weighted by molar-refractivity contribution is -0.142. The number of H-pyrrole nitrogens is 2. The van der Waals surface area contributed by atoms with Gasteiger partial charge in [-0.3, -0.25) is 38.1 Å². The third-order valence-corrected chi connectivity index (χ3v) is 9.58. The number of hydrogen-bond acceptors (Lipinski definition) is 12. The molecule has 4 rings (SSSR count). The molecule has 0 aliphatic carbocycles. The summed E-state index contributed by atoms with van der Waals surface area (Å²) in [5, 5.41) is 16.4. The van der Waals surface area contributed by atoms with Crippen LogP contribution in [0.2, 0.25) is 0 Å². The van der Waals surface area contributed by atoms with Crippen molar-refractivity contribution in [1.82, 2.24) is 24.2 Å². The van der Waals surface area contributed by atoms with Gasteiger partial charge in [0, 0.05) is 41.3 Å². The van der Waals surface area contributed by atoms with Crippen LogP contribution >= 0.6 is 7.52 Å². The van der Waals surface area contributed by atoms with Gasteiger partial charge in [-0.25, -0.2) is 14.7 Å². The standard InChI is InChI=1S/C24H33N8O11P/c1-11-7-31(23(37)26-20(11)34)18-5-14(28-30-25)17(42-18)10-44(39,29-13(3)22(36)40-4)43-15-6-19(41-16(15)9-33)32-8-12(2)21(35)27-24(32)38/h7-8,13-19,33H,5-6,9-10H2,1-4H3,(H,29,39)(H,26,34,37)(H,27,35,38)/t13-,14-,15-,16+,17+,18+,19+,44?/m0/s1. The second-order valence-electron chi connectivity index (χ2n) is 10.5. The predicted octanol–water partition coefficient (Wildman–Crippen LogP) is -0.321. The van der Waals surface area contributed by atoms with Crippen LogP contribution in [0.15, 0.2) is 36.7 Å². The Labute approximate surface area is 248 Å². The minimum Gasteiger partial charge on any atom is -0.468 e. The van der Waals surface area contributed by atoms with Gasteiger partial charge in [0.25, 0.3) is 18.6 Å². The van der Waals surface area contributed by atoms with Gasteiger partial charge in [0.1, 0.15) is 24.6 Å². The molecule has 8 atom stereocenters. The second-order valence-corrected chi connectivity index (χ2v) is 12.7. The first-order chi connectivity index (χ1) is 20.8. The van der Waals surface area contributed by atoms with Gasteiger partial charge in [0.05, 0.1) is 38.1 Å². The lowest BCUT2D eigenvalue weighted by Gasteiger charge is -2.29. The average molecular weight is 641 g/mol. The Morgan fingerprint density at radius 2 is 1.66 bits per heavy atom. The smallest absolute Gasteiger partial charge is 0.330 e. The van der Waals surface area contributed by atoms with Crippen LogP contribution in [-0.4, -0.2) is 80.5 Å². The fraction of sp³-hybridized carbons (Fsp3) is 0.625. The lowest BCUT2D eigenvalue weighted by Crippen LogP contribution is -2.39. The minimum atomic E-state index is -4.19. The molecule has 0 radical (unpaired) electrons. The monoisotopic (exact) mass is 640 g/mol. The third-order valence-electron chi connectivity index (χ3n) is 7.35. The topological polar surface area (TPSA) is 262 Å². The van der Waals surface area contributed by atoms with Gasteiger partial charge in [-0.15, -0.1) is 0 Å². The number of esters is 1. The fourth-order valence-electron chi connectivity index (χ4n) is 5.09. The van der Waals surface area contributed by atoms with E-state index in [1.807, 2.05) is 0 Å². The van der Waals surface area contributed by atoms with E-state index in [2.05, 4.69) is 25.1 Å². The molecule has 20 heteroatoms. The van der Waals surface area contributed by atoms with Gasteiger partial charge in [0.2, 0.25) is 0 Å². The molecule has 2 aliphatic rings. The highest BCUT2D eigenvalue weighted by molar-refractivity contribution is 7.57. The second kappa shape index (κ2) is 13.4. The van der Waals surface area contributed by atoms with Gasteiger partial charge in [-0.1, -0.05) is 5.11 Å². The van der Waals surface area contributed by atoms with Gasteiger partial charge in [-0.05, 0) is 26.3 Å². The van der Waals surface area contributed by atoms with Gasteiger partial charge in [-0.2, -0.15) is 0 Å². The first-order valence-electron chi connectivity index (χ1n) is 13.5. The maximum Gasteiger partial charge on any atom is 0.330 e. The molecule has 0 amide bonds. The number of azide groups is 1. The van der Waals surface area contributed by atoms with Crippen LogP contribution in [0.25, 0.3) is 10.4 Å². The van der Waals surface area contributed by atoms with Gasteiger partial charge < -0.3 is 23.8 Å². The molecule has 0 saturated carbocycles. The minimum absolute atomic E-state index is 0.0188. The molecule has 0 bridgehead atoms. The van der Waals surface area contributed by atoms with E-state index in [4.69, 9.17) is 18.7 Å². The summed E-state index contributed by atoms with van der Waals surface area (Å²) in [6.45, 7) is 3.77. The predicted molar refractivity (Wildman–Crippen MR) is 151 cm³/mol. The van der Waals surface area contributed by atoms with E-state index in [0.29, 0.717) is 0 Å². The SMILES string of the molecule is COC(=O)[C@H](C)NP(=O)(C[C@H]1O[C@@H](n2cc(C)c(=O)[nH]c2=O)C[C@@H]1N=[N+]=[N-])O[C@H]1C[C@H](n2cc(C)c(=O)[nH]c2=O)O[C@@H]1CO. The van der Waals surface area contributed by atoms with Crippen LogP contribution in [-0.2, 0) is 28.1 Å². The highest BCUT2D eigenvalue weighted by atomic mass is 31.2. The number of aliphatic hydroxyl groups is 1. The van der Waals surface area contributed by atoms with Crippen LogP contribution in [0.3, 0.4) is 0 Å². The van der Waals surface area contributed by atoms with Crippen LogP contribution < -0.4 is 27.6 Å². The molecule has 1 unspecified atom stereocenters. The zero-order valence-electron chi connectivity index (χ0n) is 24.2. The number of aromatic amines is 2. The number of methoxy groups -OCH3 is 1. The lowest BCUT2D eigenvalue weighted by atomic mass is 10.1. The van der Waals surface area contributed by atoms with E-state index >= 15 is 0 Å². The summed E-state index contributed by atoms with van der Waals surface area (Å²) in [4.78, 5) is 68.1. The van der Waals surface area contributed by atoms with E-state index in [-0.39, 0.29) is 24.0 Å². The number of hydrogen-bond donors (Lipinski definition) is 4. The van der Waals surface area contributed by atoms with E-state index in [9.17, 15) is 39.2 Å². The summed E-state index contributed by atoms with van der Waals surface area (Å²) < 4.78 is 39.3. The van der Waals surface area contributed by atoms with E-state index in [1.165, 1.54) is 33.2 Å². The van der Waals surface area contributed by atoms with E-state index in [1.54, 1.807) is 0 Å². The number of rotatable bonds is 11. The molecule has 2 aromatic heterocycles. The molecular formula is C24H33N8O11P. The Kier molecular flexibility index (Phi) is 10.1. The first-order valence-corrected chi connectivity index (χ1v) is 15.3. The molecule has 240 valence electrons. The molecule has 44 heavy (non-hydrogen) atoms. The van der Waals surface area contributed by atoms with Crippen LogP contribution in [0.4, 0.5) is 0 Å². The van der Waals surface area contributed by atoms with Crippen molar-refractivity contribution < 1.29 is 33.2 Å². The highest BCUT2D eigenvalue weighted by Crippen LogP contribution is 2.51. The Bertz CT molecular complexity index is 1730. The zero-order valence-corrected chi connectivity index (χ0v) is 25.1. The van der Waals surface area contributed by atoms with E-state index in [0.717, 1.165) is 16.2 Å². The molecule has 2 aliphatic heterocycles. The van der Waals surface area contributed by atoms with Crippen molar-refractivity contribution >= 4 is 13.5 Å². The van der Waals surface area contributed by atoms with Crippen molar-refractivity contribution in [2.75, 3.05) is 19.9 Å². The normalized spacial score (nSPS) is 26.9. The number of ether oxygens (including phenoxy) is 3. The maximum absolute atomic E-state index is 14.5. The van der Waals surface area contributed by atoms with Crippen molar-refractivity contribution in [2.24, 2.45) is 5.11 Å². The number of aromatic nitrogens is 4. The Morgan fingerprint density at radius 1 is 1.11 bits per heavy atom. The molecule has 4 N–H and O–H groups in total. The summed E-state index contributed by atoms with van der Waals surface area (Å²) in [5.74, 6) is -0.768. The molecular weight excluding hydrogens is 607 g/mol. The van der Waals surface area contributed by atoms with Crippen LogP contribution in [0.1, 0.15) is 43.3 Å². The highest BCUT2D eigenvalue weighted by Gasteiger charge is 2.46. The molecule has 0 spiro atoms. The van der Waals surface area contributed by atoms with Gasteiger partial charge in [0.15, 0.2) is 0 Å². The summed E-state index contributed by atoms with van der Waals surface area (Å²) >= 11 is 0. The van der Waals surface area contributed by atoms with Crippen molar-refractivity contribution in [3.05, 3.63) is 75.6 Å². The van der Waals surface area contributed by atoms with Crippen molar-refractivity contribution in [3.63, 3.8) is 0 Å². The summed E-state index contributed by atoms with van der Waals surface area (Å²) in [6.07, 6.45) is -3.29. The zero-order chi connectivity index (χ0) is 32.3. The number of aliphatic hydroxyl groups excluding tert-OH is 1. The largest absolute Gasteiger partial charge is 0.468 e. The molecule has 4 heterocycles. The Balaban J connectivity index is 1.64. The molecule has 2 aromatic rings. The summed E-state index contributed by atoms with van der Waals surface area (Å²) in [5.41, 5.74) is 6.95. The number of nitrogens with zero attached hydrogens (tertiary/aromatic N) is 5. The molecule has 0 aromatic carbocycles. The number of carbonyl (C=O) groups is 1. The van der Waals surface area contributed by atoms with Gasteiger partial charge >= 0.3 is 17.3 Å². The van der Waals surface area contributed by atoms with Crippen molar-refractivity contribution in [3.8, 4) is 0 Å². The molecule has 2 saturated heterocycles. The number of nitrogens with one attached hydrogen (secondary N) is 3. The summed E-state index contributed by atoms with van der Waals surface area (Å²) in [7, 11) is -3.05.